The second kappa shape index (κ2) is 4.09. The summed E-state index contributed by atoms with van der Waals surface area (Å²) in [5.41, 5.74) is -1.53. The van der Waals surface area contributed by atoms with Crippen LogP contribution in [0, 0.1) is 0 Å². The molecule has 5 heteroatoms. The molecular formula is C3H6ClFO2S. The molecule has 0 spiro atoms. The lowest BCUT2D eigenvalue weighted by molar-refractivity contribution is 0.434. The van der Waals surface area contributed by atoms with Crippen molar-refractivity contribution in [1.29, 1.82) is 0 Å². The minimum Gasteiger partial charge on any atom is -0.232 e. The summed E-state index contributed by atoms with van der Waals surface area (Å²) in [7, 11) is -2.46. The predicted molar refractivity (Wildman–Crippen MR) is 30.5 cm³/mol. The van der Waals surface area contributed by atoms with E-state index in [-0.39, 0.29) is 12.2 Å². The van der Waals surface area contributed by atoms with Gasteiger partial charge < -0.3 is 0 Å². The molecule has 8 heavy (non-hydrogen) atoms. The van der Waals surface area contributed by atoms with E-state index >= 15 is 0 Å². The summed E-state index contributed by atoms with van der Waals surface area (Å²) in [6.45, 7) is 0. The maximum atomic E-state index is 11.6. The Bertz CT molecular complexity index is 114. The van der Waals surface area contributed by atoms with Gasteiger partial charge >= 0.3 is 0 Å². The Kier molecular flexibility index (Phi) is 4.18. The summed E-state index contributed by atoms with van der Waals surface area (Å²) in [4.78, 5) is 0. The van der Waals surface area contributed by atoms with Crippen LogP contribution in [-0.4, -0.2) is 19.8 Å². The molecule has 0 aromatic rings. The van der Waals surface area contributed by atoms with Crippen LogP contribution in [0.1, 0.15) is 6.42 Å². The average molecular weight is 161 g/mol. The van der Waals surface area contributed by atoms with Gasteiger partial charge in [-0.15, -0.1) is 0 Å². The number of rotatable bonds is 3. The van der Waals surface area contributed by atoms with Gasteiger partial charge in [0.2, 0.25) is 0 Å². The molecule has 0 heterocycles. The Balaban J connectivity index is 3.18. The van der Waals surface area contributed by atoms with Gasteiger partial charge in [0.15, 0.2) is 5.63 Å². The SMILES string of the molecule is O=[SH](=O)CCC(F)Cl. The maximum Gasteiger partial charge on any atom is 0.174 e. The summed E-state index contributed by atoms with van der Waals surface area (Å²) >= 11 is 4.79. The fourth-order valence-corrected chi connectivity index (χ4v) is 0.902. The molecule has 1 unspecified atom stereocenters. The van der Waals surface area contributed by atoms with Crippen molar-refractivity contribution in [3.63, 3.8) is 0 Å². The van der Waals surface area contributed by atoms with Crippen LogP contribution < -0.4 is 0 Å². The Morgan fingerprint density at radius 2 is 2.12 bits per heavy atom. The first-order valence-corrected chi connectivity index (χ1v) is 3.83. The third-order valence-corrected chi connectivity index (χ3v) is 1.37. The smallest absolute Gasteiger partial charge is 0.174 e. The number of hydrogen-bond donors (Lipinski definition) is 1. The Labute approximate surface area is 53.6 Å². The molecule has 0 aliphatic rings. The molecule has 2 nitrogen and oxygen atoms in total. The monoisotopic (exact) mass is 160 g/mol. The van der Waals surface area contributed by atoms with Gasteiger partial charge in [0, 0.05) is 6.42 Å². The Hall–Kier alpha value is 0.170. The molecule has 0 aromatic heterocycles. The summed E-state index contributed by atoms with van der Waals surface area (Å²) in [5.74, 6) is -0.167. The minimum atomic E-state index is -2.46. The van der Waals surface area contributed by atoms with E-state index in [0.29, 0.717) is 0 Å². The fourth-order valence-electron chi connectivity index (χ4n) is 0.203. The molecular weight excluding hydrogens is 155 g/mol. The van der Waals surface area contributed by atoms with Crippen molar-refractivity contribution in [2.75, 3.05) is 5.75 Å². The van der Waals surface area contributed by atoms with E-state index in [0.717, 1.165) is 0 Å². The molecule has 0 rings (SSSR count). The highest BCUT2D eigenvalue weighted by Gasteiger charge is 1.98. The van der Waals surface area contributed by atoms with Crippen LogP contribution in [-0.2, 0) is 10.7 Å². The first-order valence-electron chi connectivity index (χ1n) is 2.03. The van der Waals surface area contributed by atoms with E-state index in [2.05, 4.69) is 0 Å². The van der Waals surface area contributed by atoms with Crippen LogP contribution in [0.25, 0.3) is 0 Å². The molecule has 0 N–H and O–H groups in total. The van der Waals surface area contributed by atoms with Gasteiger partial charge in [-0.1, -0.05) is 11.6 Å². The zero-order valence-electron chi connectivity index (χ0n) is 4.01. The molecule has 1 atom stereocenters. The lowest BCUT2D eigenvalue weighted by Crippen LogP contribution is -1.94. The molecule has 0 saturated heterocycles. The second-order valence-corrected chi connectivity index (χ2v) is 2.82. The standard InChI is InChI=1S/C3H6ClFO2S/c4-3(5)1-2-8(6)7/h3,8H,1-2H2. The van der Waals surface area contributed by atoms with Crippen molar-refractivity contribution < 1.29 is 12.8 Å². The van der Waals surface area contributed by atoms with Crippen LogP contribution >= 0.6 is 11.6 Å². The van der Waals surface area contributed by atoms with Gasteiger partial charge in [-0.05, 0) is 0 Å². The van der Waals surface area contributed by atoms with Crippen LogP contribution in [0.15, 0.2) is 0 Å². The van der Waals surface area contributed by atoms with Crippen molar-refractivity contribution in [2.24, 2.45) is 0 Å². The predicted octanol–water partition coefficient (Wildman–Crippen LogP) is 0.522. The van der Waals surface area contributed by atoms with Gasteiger partial charge in [0.25, 0.3) is 0 Å². The average Bonchev–Trinajstić information content (AvgIpc) is 1.61. The molecule has 0 amide bonds. The van der Waals surface area contributed by atoms with E-state index in [9.17, 15) is 12.8 Å². The highest BCUT2D eigenvalue weighted by Crippen LogP contribution is 2.01. The number of hydrogen-bond acceptors (Lipinski definition) is 2. The van der Waals surface area contributed by atoms with Crippen LogP contribution in [0.3, 0.4) is 0 Å². The van der Waals surface area contributed by atoms with E-state index in [1.54, 1.807) is 0 Å². The molecule has 0 aromatic carbocycles. The number of halogens is 2. The third-order valence-electron chi connectivity index (χ3n) is 0.530. The lowest BCUT2D eigenvalue weighted by atomic mass is 10.5. The number of alkyl halides is 2. The number of thiol groups is 1. The molecule has 0 radical (unpaired) electrons. The molecule has 0 aliphatic carbocycles. The topological polar surface area (TPSA) is 34.1 Å². The quantitative estimate of drug-likeness (QED) is 0.483. The van der Waals surface area contributed by atoms with Crippen molar-refractivity contribution in [3.8, 4) is 0 Å². The van der Waals surface area contributed by atoms with E-state index < -0.39 is 16.3 Å². The molecule has 0 bridgehead atoms. The first-order chi connectivity index (χ1) is 3.63. The Morgan fingerprint density at radius 1 is 1.62 bits per heavy atom. The molecule has 50 valence electrons. The Morgan fingerprint density at radius 3 is 2.25 bits per heavy atom. The van der Waals surface area contributed by atoms with Crippen molar-refractivity contribution in [2.45, 2.75) is 12.1 Å². The van der Waals surface area contributed by atoms with Gasteiger partial charge in [-0.3, -0.25) is 0 Å². The normalized spacial score (nSPS) is 14.4. The van der Waals surface area contributed by atoms with E-state index in [1.807, 2.05) is 0 Å². The molecule has 0 aliphatic heterocycles. The largest absolute Gasteiger partial charge is 0.232 e. The van der Waals surface area contributed by atoms with Crippen LogP contribution in [0.4, 0.5) is 4.39 Å². The van der Waals surface area contributed by atoms with Gasteiger partial charge in [0.1, 0.15) is 10.7 Å². The maximum absolute atomic E-state index is 11.6. The lowest BCUT2D eigenvalue weighted by Gasteiger charge is -1.89. The van der Waals surface area contributed by atoms with Crippen LogP contribution in [0.5, 0.6) is 0 Å². The van der Waals surface area contributed by atoms with Crippen molar-refractivity contribution in [1.82, 2.24) is 0 Å². The molecule has 0 fully saturated rings. The van der Waals surface area contributed by atoms with Crippen LogP contribution in [0.2, 0.25) is 0 Å². The minimum absolute atomic E-state index is 0.111. The second-order valence-electron chi connectivity index (χ2n) is 1.24. The van der Waals surface area contributed by atoms with E-state index in [4.69, 9.17) is 11.6 Å². The third kappa shape index (κ3) is 6.17. The summed E-state index contributed by atoms with van der Waals surface area (Å²) in [6, 6.07) is 0. The fraction of sp³-hybridized carbons (Fsp3) is 1.00. The van der Waals surface area contributed by atoms with Gasteiger partial charge in [-0.25, -0.2) is 12.8 Å². The zero-order chi connectivity index (χ0) is 6.57. The highest BCUT2D eigenvalue weighted by atomic mass is 35.5. The van der Waals surface area contributed by atoms with Gasteiger partial charge in [-0.2, -0.15) is 0 Å². The summed E-state index contributed by atoms with van der Waals surface area (Å²) in [5, 5.41) is 0. The van der Waals surface area contributed by atoms with Crippen molar-refractivity contribution >= 4 is 22.3 Å². The summed E-state index contributed by atoms with van der Waals surface area (Å²) < 4.78 is 31.0. The van der Waals surface area contributed by atoms with E-state index in [1.165, 1.54) is 0 Å². The van der Waals surface area contributed by atoms with Crippen molar-refractivity contribution in [3.05, 3.63) is 0 Å². The summed E-state index contributed by atoms with van der Waals surface area (Å²) in [6.07, 6.45) is -0.111. The first kappa shape index (κ1) is 8.17. The zero-order valence-corrected chi connectivity index (χ0v) is 5.66. The van der Waals surface area contributed by atoms with Gasteiger partial charge in [0.05, 0.1) is 5.75 Å². The highest BCUT2D eigenvalue weighted by molar-refractivity contribution is 7.72. The molecule has 0 saturated carbocycles.